The summed E-state index contributed by atoms with van der Waals surface area (Å²) < 4.78 is 10.6. The molecule has 0 radical (unpaired) electrons. The molecule has 0 saturated carbocycles. The zero-order valence-electron chi connectivity index (χ0n) is 22.3. The smallest absolute Gasteiger partial charge is 0.315 e. The molecule has 3 aliphatic rings. The number of urea groups is 1. The Morgan fingerprint density at radius 2 is 1.62 bits per heavy atom. The molecule has 4 amide bonds. The Hall–Kier alpha value is -1.68. The van der Waals surface area contributed by atoms with E-state index in [1.165, 1.54) is 0 Å². The molecule has 3 rings (SSSR count). The second-order valence-corrected chi connectivity index (χ2v) is 11.6. The van der Waals surface area contributed by atoms with Crippen LogP contribution < -0.4 is 21.3 Å². The predicted molar refractivity (Wildman–Crippen MR) is 143 cm³/mol. The first kappa shape index (κ1) is 31.8. The summed E-state index contributed by atoms with van der Waals surface area (Å²) in [5, 5.41) is 50.7. The molecule has 39 heavy (non-hydrogen) atoms. The van der Waals surface area contributed by atoms with Gasteiger partial charge in [0.15, 0.2) is 6.29 Å². The second-order valence-electron chi connectivity index (χ2n) is 10.3. The quantitative estimate of drug-likeness (QED) is 0.0761. The van der Waals surface area contributed by atoms with Crippen molar-refractivity contribution in [3.63, 3.8) is 0 Å². The number of carbonyl (C=O) groups is 3. The van der Waals surface area contributed by atoms with Gasteiger partial charge in [0.1, 0.15) is 24.4 Å². The summed E-state index contributed by atoms with van der Waals surface area (Å²) in [6, 6.07) is 0.362. The molecule has 8 N–H and O–H groups in total. The Labute approximate surface area is 233 Å². The van der Waals surface area contributed by atoms with Crippen molar-refractivity contribution >= 4 is 29.6 Å². The first-order chi connectivity index (χ1) is 18.8. The van der Waals surface area contributed by atoms with Crippen molar-refractivity contribution in [1.29, 1.82) is 0 Å². The van der Waals surface area contributed by atoms with Gasteiger partial charge in [-0.05, 0) is 32.1 Å². The van der Waals surface area contributed by atoms with Gasteiger partial charge in [-0.1, -0.05) is 12.8 Å². The highest BCUT2D eigenvalue weighted by molar-refractivity contribution is 8.00. The molecule has 3 aliphatic heterocycles. The van der Waals surface area contributed by atoms with Crippen LogP contribution >= 0.6 is 11.8 Å². The molecule has 0 spiro atoms. The van der Waals surface area contributed by atoms with E-state index in [4.69, 9.17) is 9.47 Å². The molecule has 224 valence electrons. The number of hydrogen-bond donors (Lipinski definition) is 8. The number of nitrogens with one attached hydrogen (secondary N) is 4. The average molecular weight is 577 g/mol. The monoisotopic (exact) mass is 576 g/mol. The lowest BCUT2D eigenvalue weighted by Gasteiger charge is -2.39. The van der Waals surface area contributed by atoms with E-state index in [1.807, 2.05) is 11.8 Å². The van der Waals surface area contributed by atoms with Crippen LogP contribution in [0.15, 0.2) is 0 Å². The summed E-state index contributed by atoms with van der Waals surface area (Å²) >= 11 is 1.88. The van der Waals surface area contributed by atoms with E-state index >= 15 is 0 Å². The van der Waals surface area contributed by atoms with Gasteiger partial charge in [-0.25, -0.2) is 4.79 Å². The van der Waals surface area contributed by atoms with E-state index < -0.39 is 37.3 Å². The van der Waals surface area contributed by atoms with Gasteiger partial charge in [-0.3, -0.25) is 9.59 Å². The minimum atomic E-state index is -1.48. The van der Waals surface area contributed by atoms with Crippen molar-refractivity contribution in [2.45, 2.75) is 106 Å². The zero-order chi connectivity index (χ0) is 28.2. The Kier molecular flexibility index (Phi) is 13.5. The standard InChI is InChI=1S/C25H44N4O9S/c30-13-16-21(33)22(34)23(35)24(38-16)37-12-6-11-27-18(31)8-2-1-5-10-26-19(32)9-4-3-7-17-20-15(14-39-17)28-25(36)29-20/h15-17,20-24,30,33-35H,1-14H2,(H,26,32)(H,27,31)(H2,28,29,36)/t15-,16?,17-,20-,21?,22?,23?,24?/m0/s1. The third kappa shape index (κ3) is 10.0. The molecule has 8 atom stereocenters. The van der Waals surface area contributed by atoms with Crippen LogP contribution in [-0.4, -0.2) is 118 Å². The molecule has 3 heterocycles. The van der Waals surface area contributed by atoms with Crippen molar-refractivity contribution in [3.05, 3.63) is 0 Å². The molecule has 0 aromatic rings. The van der Waals surface area contributed by atoms with E-state index in [1.54, 1.807) is 0 Å². The Morgan fingerprint density at radius 1 is 0.923 bits per heavy atom. The number of amides is 4. The lowest BCUT2D eigenvalue weighted by molar-refractivity contribution is -0.301. The number of aliphatic hydroxyl groups is 4. The van der Waals surface area contributed by atoms with Crippen LogP contribution in [0, 0.1) is 0 Å². The molecule has 0 aliphatic carbocycles. The molecule has 0 bridgehead atoms. The van der Waals surface area contributed by atoms with Crippen molar-refractivity contribution in [3.8, 4) is 0 Å². The normalized spacial score (nSPS) is 31.8. The first-order valence-corrected chi connectivity index (χ1v) is 15.0. The molecule has 0 aromatic carbocycles. The number of fused-ring (bicyclic) bond motifs is 1. The van der Waals surface area contributed by atoms with Crippen molar-refractivity contribution < 1.29 is 44.3 Å². The lowest BCUT2D eigenvalue weighted by atomic mass is 9.99. The highest BCUT2D eigenvalue weighted by Gasteiger charge is 2.44. The molecular formula is C25H44N4O9S. The van der Waals surface area contributed by atoms with E-state index in [9.17, 15) is 34.8 Å². The van der Waals surface area contributed by atoms with Crippen LogP contribution in [0.1, 0.15) is 57.8 Å². The van der Waals surface area contributed by atoms with Gasteiger partial charge in [0.05, 0.1) is 25.3 Å². The zero-order valence-corrected chi connectivity index (χ0v) is 23.1. The van der Waals surface area contributed by atoms with E-state index in [-0.39, 0.29) is 36.5 Å². The van der Waals surface area contributed by atoms with Gasteiger partial charge in [-0.2, -0.15) is 11.8 Å². The topological polar surface area (TPSA) is 199 Å². The Morgan fingerprint density at radius 3 is 2.33 bits per heavy atom. The third-order valence-corrected chi connectivity index (χ3v) is 8.77. The van der Waals surface area contributed by atoms with E-state index in [0.717, 1.165) is 44.3 Å². The van der Waals surface area contributed by atoms with Gasteiger partial charge in [0.25, 0.3) is 0 Å². The molecule has 5 unspecified atom stereocenters. The predicted octanol–water partition coefficient (Wildman–Crippen LogP) is -1.29. The number of aliphatic hydroxyl groups excluding tert-OH is 4. The summed E-state index contributed by atoms with van der Waals surface area (Å²) in [6.07, 6.45) is -0.0550. The van der Waals surface area contributed by atoms with Crippen molar-refractivity contribution in [1.82, 2.24) is 21.3 Å². The van der Waals surface area contributed by atoms with Crippen molar-refractivity contribution in [2.24, 2.45) is 0 Å². The molecule has 0 aromatic heterocycles. The van der Waals surface area contributed by atoms with Crippen LogP contribution in [-0.2, 0) is 19.1 Å². The third-order valence-electron chi connectivity index (χ3n) is 7.26. The number of thioether (sulfide) groups is 1. The van der Waals surface area contributed by atoms with Gasteiger partial charge in [0.2, 0.25) is 11.8 Å². The van der Waals surface area contributed by atoms with E-state index in [2.05, 4.69) is 21.3 Å². The van der Waals surface area contributed by atoms with Gasteiger partial charge < -0.3 is 51.2 Å². The second kappa shape index (κ2) is 16.6. The molecule has 3 fully saturated rings. The minimum absolute atomic E-state index is 0.0477. The highest BCUT2D eigenvalue weighted by Crippen LogP contribution is 2.33. The average Bonchev–Trinajstić information content (AvgIpc) is 3.47. The molecule has 3 saturated heterocycles. The van der Waals surface area contributed by atoms with Crippen LogP contribution in [0.4, 0.5) is 4.79 Å². The molecular weight excluding hydrogens is 532 g/mol. The number of rotatable bonds is 17. The van der Waals surface area contributed by atoms with Crippen LogP contribution in [0.3, 0.4) is 0 Å². The fourth-order valence-corrected chi connectivity index (χ4v) is 6.51. The van der Waals surface area contributed by atoms with Gasteiger partial charge in [-0.15, -0.1) is 0 Å². The number of hydrogen-bond acceptors (Lipinski definition) is 10. The van der Waals surface area contributed by atoms with Crippen molar-refractivity contribution in [2.75, 3.05) is 32.1 Å². The highest BCUT2D eigenvalue weighted by atomic mass is 32.2. The van der Waals surface area contributed by atoms with Crippen LogP contribution in [0.5, 0.6) is 0 Å². The number of ether oxygens (including phenoxy) is 2. The largest absolute Gasteiger partial charge is 0.394 e. The Bertz CT molecular complexity index is 793. The van der Waals surface area contributed by atoms with Gasteiger partial charge in [0, 0.05) is 36.9 Å². The SMILES string of the molecule is O=C(CCCC[C@@H]1SC[C@@H]2NC(=O)N[C@@H]21)NCCCCCC(=O)NCCCOC1OC(CO)C(O)C(O)C1O. The van der Waals surface area contributed by atoms with Crippen LogP contribution in [0.25, 0.3) is 0 Å². The maximum absolute atomic E-state index is 12.0. The maximum atomic E-state index is 12.0. The minimum Gasteiger partial charge on any atom is -0.394 e. The summed E-state index contributed by atoms with van der Waals surface area (Å²) in [4.78, 5) is 35.5. The maximum Gasteiger partial charge on any atom is 0.315 e. The number of carbonyl (C=O) groups excluding carboxylic acids is 3. The van der Waals surface area contributed by atoms with E-state index in [0.29, 0.717) is 37.6 Å². The fourth-order valence-electron chi connectivity index (χ4n) is 4.97. The lowest BCUT2D eigenvalue weighted by Crippen LogP contribution is -2.59. The summed E-state index contributed by atoms with van der Waals surface area (Å²) in [7, 11) is 0. The number of unbranched alkanes of at least 4 members (excludes halogenated alkanes) is 3. The molecule has 13 nitrogen and oxygen atoms in total. The summed E-state index contributed by atoms with van der Waals surface area (Å²) in [6.45, 7) is 0.600. The fraction of sp³-hybridized carbons (Fsp3) is 0.880. The summed E-state index contributed by atoms with van der Waals surface area (Å²) in [5.74, 6) is 0.915. The first-order valence-electron chi connectivity index (χ1n) is 13.9. The Balaban J connectivity index is 1.10. The summed E-state index contributed by atoms with van der Waals surface area (Å²) in [5.41, 5.74) is 0. The van der Waals surface area contributed by atoms with Crippen LogP contribution in [0.2, 0.25) is 0 Å². The molecule has 14 heteroatoms. The van der Waals surface area contributed by atoms with Gasteiger partial charge >= 0.3 is 6.03 Å².